The van der Waals surface area contributed by atoms with Crippen LogP contribution in [0.1, 0.15) is 43.1 Å². The van der Waals surface area contributed by atoms with Gasteiger partial charge in [0.15, 0.2) is 0 Å². The van der Waals surface area contributed by atoms with Gasteiger partial charge in [0.25, 0.3) is 0 Å². The molecule has 3 aromatic rings. The molecule has 1 aromatic heterocycles. The summed E-state index contributed by atoms with van der Waals surface area (Å²) in [4.78, 5) is 19.6. The lowest BCUT2D eigenvalue weighted by atomic mass is 10.0. The van der Waals surface area contributed by atoms with Crippen LogP contribution in [0.25, 0.3) is 11.3 Å². The van der Waals surface area contributed by atoms with Crippen LogP contribution >= 0.6 is 22.9 Å². The van der Waals surface area contributed by atoms with Crippen molar-refractivity contribution in [2.24, 2.45) is 5.10 Å². The average molecular weight is 485 g/mol. The first-order valence-corrected chi connectivity index (χ1v) is 12.3. The van der Waals surface area contributed by atoms with Gasteiger partial charge in [-0.3, -0.25) is 0 Å². The first-order chi connectivity index (χ1) is 16.0. The summed E-state index contributed by atoms with van der Waals surface area (Å²) in [5.41, 5.74) is 3.86. The normalized spacial score (nSPS) is 11.1. The molecule has 0 fully saturated rings. The Kier molecular flexibility index (Phi) is 8.86. The van der Waals surface area contributed by atoms with Crippen molar-refractivity contribution < 1.29 is 9.53 Å². The molecule has 0 aliphatic carbocycles. The van der Waals surface area contributed by atoms with Crippen molar-refractivity contribution in [3.63, 3.8) is 0 Å². The summed E-state index contributed by atoms with van der Waals surface area (Å²) in [5.74, 6) is -0.342. The van der Waals surface area contributed by atoms with Crippen molar-refractivity contribution in [1.29, 1.82) is 0 Å². The zero-order valence-corrected chi connectivity index (χ0v) is 21.0. The molecule has 174 valence electrons. The monoisotopic (exact) mass is 484 g/mol. The maximum Gasteiger partial charge on any atom is 0.338 e. The lowest BCUT2D eigenvalue weighted by Crippen LogP contribution is -2.24. The van der Waals surface area contributed by atoms with Crippen LogP contribution in [0.2, 0.25) is 5.02 Å². The Morgan fingerprint density at radius 1 is 1.15 bits per heavy atom. The SMILES string of the molecule is CCCOC(=O)c1cccc(N(CC)CC)c1C=NN(C)c1nc(-c2ccccc2Cl)cs1. The molecular formula is C25H29ClN4O2S. The van der Waals surface area contributed by atoms with Gasteiger partial charge in [0.05, 0.1) is 24.1 Å². The van der Waals surface area contributed by atoms with E-state index in [1.807, 2.05) is 55.7 Å². The van der Waals surface area contributed by atoms with E-state index in [0.29, 0.717) is 17.2 Å². The van der Waals surface area contributed by atoms with Gasteiger partial charge in [0.1, 0.15) is 0 Å². The molecule has 0 saturated carbocycles. The number of hydrogen-bond donors (Lipinski definition) is 0. The van der Waals surface area contributed by atoms with E-state index < -0.39 is 0 Å². The molecule has 0 aliphatic heterocycles. The number of rotatable bonds is 10. The van der Waals surface area contributed by atoms with Crippen molar-refractivity contribution in [3.05, 3.63) is 64.0 Å². The Morgan fingerprint density at radius 3 is 2.61 bits per heavy atom. The highest BCUT2D eigenvalue weighted by Crippen LogP contribution is 2.31. The third kappa shape index (κ3) is 5.92. The number of carbonyl (C=O) groups is 1. The minimum Gasteiger partial charge on any atom is -0.462 e. The van der Waals surface area contributed by atoms with E-state index in [2.05, 4.69) is 28.8 Å². The smallest absolute Gasteiger partial charge is 0.338 e. The molecule has 0 atom stereocenters. The Balaban J connectivity index is 1.93. The van der Waals surface area contributed by atoms with Crippen molar-refractivity contribution >= 4 is 45.9 Å². The highest BCUT2D eigenvalue weighted by atomic mass is 35.5. The minimum atomic E-state index is -0.342. The van der Waals surface area contributed by atoms with Crippen LogP contribution in [-0.4, -0.2) is 43.9 Å². The number of nitrogens with zero attached hydrogens (tertiary/aromatic N) is 4. The molecule has 0 aliphatic rings. The Labute approximate surface area is 204 Å². The largest absolute Gasteiger partial charge is 0.462 e. The second kappa shape index (κ2) is 11.8. The number of esters is 1. The number of carbonyl (C=O) groups excluding carboxylic acids is 1. The summed E-state index contributed by atoms with van der Waals surface area (Å²) in [5, 5.41) is 9.65. The Hall–Kier alpha value is -2.90. The number of thiazole rings is 1. The predicted octanol–water partition coefficient (Wildman–Crippen LogP) is 6.35. The van der Waals surface area contributed by atoms with Crippen molar-refractivity contribution in [2.45, 2.75) is 27.2 Å². The van der Waals surface area contributed by atoms with E-state index in [1.165, 1.54) is 11.3 Å². The zero-order valence-electron chi connectivity index (χ0n) is 19.4. The Morgan fingerprint density at radius 2 is 1.91 bits per heavy atom. The highest BCUT2D eigenvalue weighted by Gasteiger charge is 2.18. The van der Waals surface area contributed by atoms with Crippen molar-refractivity contribution in [2.75, 3.05) is 36.7 Å². The predicted molar refractivity (Wildman–Crippen MR) is 139 cm³/mol. The third-order valence-electron chi connectivity index (χ3n) is 5.12. The molecule has 8 heteroatoms. The molecule has 0 unspecified atom stereocenters. The van der Waals surface area contributed by atoms with Gasteiger partial charge in [0.2, 0.25) is 5.13 Å². The maximum atomic E-state index is 12.7. The summed E-state index contributed by atoms with van der Waals surface area (Å²) in [6.45, 7) is 8.16. The fraction of sp³-hybridized carbons (Fsp3) is 0.320. The first-order valence-electron chi connectivity index (χ1n) is 11.0. The topological polar surface area (TPSA) is 58.0 Å². The second-order valence-electron chi connectivity index (χ2n) is 7.31. The molecule has 0 N–H and O–H groups in total. The zero-order chi connectivity index (χ0) is 23.8. The quantitative estimate of drug-likeness (QED) is 0.191. The van der Waals surface area contributed by atoms with Gasteiger partial charge in [0, 0.05) is 47.4 Å². The number of halogens is 1. The van der Waals surface area contributed by atoms with E-state index in [4.69, 9.17) is 16.3 Å². The number of hydrazone groups is 1. The van der Waals surface area contributed by atoms with Gasteiger partial charge in [-0.1, -0.05) is 42.8 Å². The molecule has 1 heterocycles. The fourth-order valence-corrected chi connectivity index (χ4v) is 4.36. The van der Waals surface area contributed by atoms with Gasteiger partial charge in [-0.15, -0.1) is 11.3 Å². The number of aromatic nitrogens is 1. The maximum absolute atomic E-state index is 12.7. The highest BCUT2D eigenvalue weighted by molar-refractivity contribution is 7.14. The minimum absolute atomic E-state index is 0.342. The van der Waals surface area contributed by atoms with Crippen LogP contribution in [0.15, 0.2) is 52.9 Å². The summed E-state index contributed by atoms with van der Waals surface area (Å²) in [6, 6.07) is 13.3. The van der Waals surface area contributed by atoms with Gasteiger partial charge < -0.3 is 9.64 Å². The lowest BCUT2D eigenvalue weighted by molar-refractivity contribution is 0.0505. The number of hydrogen-bond acceptors (Lipinski definition) is 7. The number of ether oxygens (including phenoxy) is 1. The number of anilines is 2. The van der Waals surface area contributed by atoms with Crippen LogP contribution in [0.3, 0.4) is 0 Å². The molecule has 0 spiro atoms. The van der Waals surface area contributed by atoms with E-state index >= 15 is 0 Å². The third-order valence-corrected chi connectivity index (χ3v) is 6.36. The fourth-order valence-electron chi connectivity index (χ4n) is 3.38. The number of benzene rings is 2. The van der Waals surface area contributed by atoms with Crippen LogP contribution in [-0.2, 0) is 4.74 Å². The van der Waals surface area contributed by atoms with E-state index in [-0.39, 0.29) is 5.97 Å². The summed E-state index contributed by atoms with van der Waals surface area (Å²) in [6.07, 6.45) is 2.48. The van der Waals surface area contributed by atoms with Gasteiger partial charge in [-0.05, 0) is 38.5 Å². The molecule has 6 nitrogen and oxygen atoms in total. The van der Waals surface area contributed by atoms with Crippen LogP contribution in [0, 0.1) is 0 Å². The summed E-state index contributed by atoms with van der Waals surface area (Å²) < 4.78 is 5.42. The average Bonchev–Trinajstić information content (AvgIpc) is 3.32. The summed E-state index contributed by atoms with van der Waals surface area (Å²) in [7, 11) is 1.83. The van der Waals surface area contributed by atoms with Gasteiger partial charge >= 0.3 is 5.97 Å². The molecule has 0 saturated heterocycles. The van der Waals surface area contributed by atoms with E-state index in [0.717, 1.165) is 47.2 Å². The standard InChI is InChI=1S/C25H29ClN4O2S/c1-5-15-32-24(31)18-12-10-14-23(30(6-2)7-3)20(18)16-27-29(4)25-28-22(17-33-25)19-11-8-9-13-21(19)26/h8-14,16-17H,5-7,15H2,1-4H3. The van der Waals surface area contributed by atoms with E-state index in [1.54, 1.807) is 17.3 Å². The second-order valence-corrected chi connectivity index (χ2v) is 8.55. The van der Waals surface area contributed by atoms with E-state index in [9.17, 15) is 4.79 Å². The first kappa shape index (κ1) is 24.7. The van der Waals surface area contributed by atoms with Gasteiger partial charge in [-0.2, -0.15) is 5.10 Å². The van der Waals surface area contributed by atoms with Crippen molar-refractivity contribution in [1.82, 2.24) is 4.98 Å². The molecule has 33 heavy (non-hydrogen) atoms. The van der Waals surface area contributed by atoms with Crippen LogP contribution in [0.4, 0.5) is 10.8 Å². The molecule has 3 rings (SSSR count). The van der Waals surface area contributed by atoms with Crippen molar-refractivity contribution in [3.8, 4) is 11.3 Å². The molecule has 0 amide bonds. The molecule has 0 radical (unpaired) electrons. The summed E-state index contributed by atoms with van der Waals surface area (Å²) >= 11 is 7.80. The lowest BCUT2D eigenvalue weighted by Gasteiger charge is -2.24. The molecule has 0 bridgehead atoms. The Bertz CT molecular complexity index is 1110. The van der Waals surface area contributed by atoms with Gasteiger partial charge in [-0.25, -0.2) is 14.8 Å². The molecule has 2 aromatic carbocycles. The molecular weight excluding hydrogens is 456 g/mol. The van der Waals surface area contributed by atoms with Crippen LogP contribution in [0.5, 0.6) is 0 Å². The van der Waals surface area contributed by atoms with Crippen LogP contribution < -0.4 is 9.91 Å².